The van der Waals surface area contributed by atoms with Crippen LogP contribution < -0.4 is 0 Å². The fraction of sp³-hybridized carbons (Fsp3) is 0.891. The Morgan fingerprint density at radius 3 is 1.47 bits per heavy atom. The van der Waals surface area contributed by atoms with Gasteiger partial charge in [-0.3, -0.25) is 14.4 Å². The van der Waals surface area contributed by atoms with E-state index in [2.05, 4.69) is 44.7 Å². The summed E-state index contributed by atoms with van der Waals surface area (Å²) in [7, 11) is 0. The summed E-state index contributed by atoms with van der Waals surface area (Å²) in [5.41, 5.74) is 0. The number of carbonyl (C=O) groups is 3. The van der Waals surface area contributed by atoms with Gasteiger partial charge in [0.15, 0.2) is 0 Å². The second kappa shape index (κ2) is 35.8. The molecule has 0 spiro atoms. The summed E-state index contributed by atoms with van der Waals surface area (Å²) >= 11 is 0. The predicted octanol–water partition coefficient (Wildman–Crippen LogP) is 12.3. The molecule has 7 heteroatoms. The Kier molecular flexibility index (Phi) is 33.2. The van der Waals surface area contributed by atoms with Crippen molar-refractivity contribution in [2.75, 3.05) is 39.5 Å². The normalized spacial score (nSPS) is 14.6. The van der Waals surface area contributed by atoms with E-state index in [1.54, 1.807) is 0 Å². The van der Waals surface area contributed by atoms with Crippen molar-refractivity contribution < 1.29 is 28.6 Å². The van der Waals surface area contributed by atoms with Crippen LogP contribution in [0.25, 0.3) is 0 Å². The van der Waals surface area contributed by atoms with Crippen LogP contribution in [0.15, 0.2) is 12.2 Å². The van der Waals surface area contributed by atoms with Crippen LogP contribution in [0.5, 0.6) is 0 Å². The minimum absolute atomic E-state index is 0.0894. The lowest BCUT2D eigenvalue weighted by Crippen LogP contribution is -2.45. The molecule has 1 heterocycles. The van der Waals surface area contributed by atoms with Gasteiger partial charge in [0.1, 0.15) is 19.8 Å². The highest BCUT2D eigenvalue weighted by atomic mass is 16.6. The highest BCUT2D eigenvalue weighted by molar-refractivity contribution is 5.72. The lowest BCUT2D eigenvalue weighted by Gasteiger charge is -2.37. The van der Waals surface area contributed by atoms with E-state index in [1.807, 2.05) is 0 Å². The van der Waals surface area contributed by atoms with Crippen LogP contribution in [0.1, 0.15) is 207 Å². The minimum Gasteiger partial charge on any atom is -0.465 e. The molecule has 1 rings (SSSR count). The number of esters is 3. The number of allylic oxidation sites excluding steroid dienone is 2. The molecule has 1 aliphatic heterocycles. The van der Waals surface area contributed by atoms with Crippen LogP contribution in [0.2, 0.25) is 0 Å². The van der Waals surface area contributed by atoms with Crippen LogP contribution in [0, 0.1) is 17.8 Å². The second-order valence-corrected chi connectivity index (χ2v) is 16.3. The monoisotopic (exact) mass is 748 g/mol. The molecule has 1 saturated heterocycles. The zero-order chi connectivity index (χ0) is 38.6. The summed E-state index contributed by atoms with van der Waals surface area (Å²) in [5, 5.41) is 0. The van der Waals surface area contributed by atoms with Gasteiger partial charge in [0, 0.05) is 25.9 Å². The highest BCUT2D eigenvalue weighted by Crippen LogP contribution is 2.21. The molecule has 7 nitrogen and oxygen atoms in total. The van der Waals surface area contributed by atoms with E-state index in [4.69, 9.17) is 14.2 Å². The van der Waals surface area contributed by atoms with Gasteiger partial charge in [0.2, 0.25) is 0 Å². The Bertz CT molecular complexity index is 900. The number of hydrogen-bond acceptors (Lipinski definition) is 7. The number of hydrogen-bond donors (Lipinski definition) is 0. The molecule has 53 heavy (non-hydrogen) atoms. The van der Waals surface area contributed by atoms with Gasteiger partial charge in [-0.05, 0) is 63.8 Å². The number of nitrogens with zero attached hydrogens (tertiary/aromatic N) is 1. The predicted molar refractivity (Wildman–Crippen MR) is 221 cm³/mol. The van der Waals surface area contributed by atoms with Gasteiger partial charge in [0.05, 0.1) is 11.8 Å². The van der Waals surface area contributed by atoms with Crippen molar-refractivity contribution in [1.82, 2.24) is 4.90 Å². The molecule has 310 valence electrons. The molecule has 2 unspecified atom stereocenters. The number of likely N-dealkylation sites (tertiary alicyclic amines) is 1. The Morgan fingerprint density at radius 2 is 0.962 bits per heavy atom. The summed E-state index contributed by atoms with van der Waals surface area (Å²) in [5.74, 6) is -0.361. The second-order valence-electron chi connectivity index (χ2n) is 16.3. The van der Waals surface area contributed by atoms with Crippen LogP contribution in [-0.4, -0.2) is 62.3 Å². The van der Waals surface area contributed by atoms with Gasteiger partial charge in [-0.2, -0.15) is 0 Å². The van der Waals surface area contributed by atoms with Gasteiger partial charge in [0.25, 0.3) is 0 Å². The van der Waals surface area contributed by atoms with Gasteiger partial charge in [-0.15, -0.1) is 0 Å². The van der Waals surface area contributed by atoms with Crippen LogP contribution in [0.4, 0.5) is 0 Å². The van der Waals surface area contributed by atoms with Crippen LogP contribution >= 0.6 is 0 Å². The van der Waals surface area contributed by atoms with Gasteiger partial charge in [-0.1, -0.05) is 155 Å². The standard InChI is InChI=1S/C46H85NO6/c1-5-8-11-14-16-17-18-19-20-21-22-23-24-26-29-33-44(48)51-38-42(39-52-45(49)34-30-35-47-36-41(4)37-47)40-53-46(50)43(31-27-13-10-7-3)32-28-25-15-12-9-6-2/h19-20,41-43H,5-18,21-40H2,1-4H3/b20-19-. The van der Waals surface area contributed by atoms with Crippen LogP contribution in [0.3, 0.4) is 0 Å². The van der Waals surface area contributed by atoms with Crippen molar-refractivity contribution in [2.24, 2.45) is 17.8 Å². The number of ether oxygens (including phenoxy) is 3. The maximum absolute atomic E-state index is 13.3. The SMILES string of the molecule is CCCCCCCC/C=C\CCCCCCCC(=O)OCC(COC(=O)CCCN1CC(C)C1)COC(=O)C(CCCCCC)CCCCCCCC. The molecular weight excluding hydrogens is 663 g/mol. The van der Waals surface area contributed by atoms with E-state index in [0.29, 0.717) is 12.8 Å². The summed E-state index contributed by atoms with van der Waals surface area (Å²) in [4.78, 5) is 40.9. The number of rotatable bonds is 38. The van der Waals surface area contributed by atoms with Crippen molar-refractivity contribution in [2.45, 2.75) is 207 Å². The fourth-order valence-electron chi connectivity index (χ4n) is 7.19. The van der Waals surface area contributed by atoms with Crippen molar-refractivity contribution in [3.05, 3.63) is 12.2 Å². The van der Waals surface area contributed by atoms with Crippen LogP contribution in [-0.2, 0) is 28.6 Å². The van der Waals surface area contributed by atoms with Crippen molar-refractivity contribution >= 4 is 17.9 Å². The van der Waals surface area contributed by atoms with E-state index < -0.39 is 0 Å². The smallest absolute Gasteiger partial charge is 0.308 e. The molecule has 1 aliphatic rings. The molecule has 1 fully saturated rings. The first-order chi connectivity index (χ1) is 25.9. The summed E-state index contributed by atoms with van der Waals surface area (Å²) < 4.78 is 17.2. The maximum Gasteiger partial charge on any atom is 0.308 e. The topological polar surface area (TPSA) is 82.1 Å². The Labute approximate surface area is 327 Å². The largest absolute Gasteiger partial charge is 0.465 e. The lowest BCUT2D eigenvalue weighted by atomic mass is 9.94. The minimum atomic E-state index is -0.369. The Morgan fingerprint density at radius 1 is 0.547 bits per heavy atom. The molecule has 0 aromatic heterocycles. The third-order valence-electron chi connectivity index (χ3n) is 10.7. The third kappa shape index (κ3) is 30.1. The van der Waals surface area contributed by atoms with Crippen molar-refractivity contribution in [3.8, 4) is 0 Å². The lowest BCUT2D eigenvalue weighted by molar-refractivity contribution is -0.156. The highest BCUT2D eigenvalue weighted by Gasteiger charge is 2.24. The molecule has 2 atom stereocenters. The Balaban J connectivity index is 2.46. The summed E-state index contributed by atoms with van der Waals surface area (Å²) in [6.07, 6.45) is 35.4. The van der Waals surface area contributed by atoms with Crippen molar-refractivity contribution in [1.29, 1.82) is 0 Å². The average Bonchev–Trinajstić information content (AvgIpc) is 3.14. The molecule has 0 aromatic rings. The first-order valence-electron chi connectivity index (χ1n) is 22.7. The Hall–Kier alpha value is -1.89. The first kappa shape index (κ1) is 49.1. The summed E-state index contributed by atoms with van der Waals surface area (Å²) in [6.45, 7) is 12.3. The molecule has 0 saturated carbocycles. The van der Waals surface area contributed by atoms with E-state index in [-0.39, 0.29) is 49.6 Å². The van der Waals surface area contributed by atoms with E-state index >= 15 is 0 Å². The van der Waals surface area contributed by atoms with E-state index in [9.17, 15) is 14.4 Å². The third-order valence-corrected chi connectivity index (χ3v) is 10.7. The molecular formula is C46H85NO6. The van der Waals surface area contributed by atoms with E-state index in [1.165, 1.54) is 96.3 Å². The molecule has 0 amide bonds. The molecule has 0 radical (unpaired) electrons. The fourth-order valence-corrected chi connectivity index (χ4v) is 7.19. The van der Waals surface area contributed by atoms with Gasteiger partial charge < -0.3 is 19.1 Å². The maximum atomic E-state index is 13.3. The molecule has 0 aromatic carbocycles. The zero-order valence-electron chi connectivity index (χ0n) is 35.3. The first-order valence-corrected chi connectivity index (χ1v) is 22.7. The average molecular weight is 748 g/mol. The molecule has 0 N–H and O–H groups in total. The van der Waals surface area contributed by atoms with Gasteiger partial charge >= 0.3 is 17.9 Å². The quantitative estimate of drug-likeness (QED) is 0.0269. The number of unbranched alkanes of at least 4 members (excludes halogenated alkanes) is 19. The van der Waals surface area contributed by atoms with E-state index in [0.717, 1.165) is 96.2 Å². The molecule has 0 bridgehead atoms. The molecule has 0 aliphatic carbocycles. The van der Waals surface area contributed by atoms with Gasteiger partial charge in [-0.25, -0.2) is 0 Å². The number of carbonyl (C=O) groups excluding carboxylic acids is 3. The summed E-state index contributed by atoms with van der Waals surface area (Å²) in [6, 6.07) is 0. The zero-order valence-corrected chi connectivity index (χ0v) is 35.3. The van der Waals surface area contributed by atoms with Crippen molar-refractivity contribution in [3.63, 3.8) is 0 Å².